The molecule has 0 bridgehead atoms. The Bertz CT molecular complexity index is 794. The van der Waals surface area contributed by atoms with Crippen LogP contribution in [-0.4, -0.2) is 42.5 Å². The third-order valence-electron chi connectivity index (χ3n) is 4.69. The Kier molecular flexibility index (Phi) is 4.61. The minimum Gasteiger partial charge on any atom is -0.297 e. The molecule has 130 valence electrons. The molecule has 1 aliphatic heterocycles. The Morgan fingerprint density at radius 3 is 2.72 bits per heavy atom. The number of hydrogen-bond acceptors (Lipinski definition) is 4. The average molecular weight is 336 g/mol. The highest BCUT2D eigenvalue weighted by Crippen LogP contribution is 2.12. The normalized spacial score (nSPS) is 15.1. The van der Waals surface area contributed by atoms with E-state index in [-0.39, 0.29) is 0 Å². The molecule has 3 heterocycles. The van der Waals surface area contributed by atoms with E-state index < -0.39 is 0 Å². The average Bonchev–Trinajstić information content (AvgIpc) is 3.20. The van der Waals surface area contributed by atoms with E-state index in [0.29, 0.717) is 0 Å². The fourth-order valence-electron chi connectivity index (χ4n) is 3.33. The summed E-state index contributed by atoms with van der Waals surface area (Å²) < 4.78 is 4.07. The second kappa shape index (κ2) is 7.19. The molecular formula is C19H24N6. The van der Waals surface area contributed by atoms with Crippen LogP contribution < -0.4 is 0 Å². The highest BCUT2D eigenvalue weighted by molar-refractivity contribution is 5.19. The fraction of sp³-hybridized carbons (Fsp3) is 0.421. The monoisotopic (exact) mass is 336 g/mol. The molecule has 0 unspecified atom stereocenters. The van der Waals surface area contributed by atoms with Gasteiger partial charge in [0.05, 0.1) is 12.7 Å². The van der Waals surface area contributed by atoms with Gasteiger partial charge in [0, 0.05) is 50.8 Å². The van der Waals surface area contributed by atoms with Crippen molar-refractivity contribution in [1.29, 1.82) is 0 Å². The second-order valence-corrected chi connectivity index (χ2v) is 6.56. The maximum Gasteiger partial charge on any atom is 0.155 e. The van der Waals surface area contributed by atoms with E-state index in [1.807, 2.05) is 16.9 Å². The summed E-state index contributed by atoms with van der Waals surface area (Å²) in [6.07, 6.45) is 5.87. The van der Waals surface area contributed by atoms with Crippen LogP contribution in [0, 0.1) is 0 Å². The molecule has 1 aliphatic rings. The number of rotatable bonds is 5. The molecule has 25 heavy (non-hydrogen) atoms. The zero-order valence-electron chi connectivity index (χ0n) is 14.7. The zero-order chi connectivity index (χ0) is 17.1. The van der Waals surface area contributed by atoms with Gasteiger partial charge >= 0.3 is 0 Å². The van der Waals surface area contributed by atoms with Gasteiger partial charge in [-0.3, -0.25) is 9.58 Å². The van der Waals surface area contributed by atoms with E-state index >= 15 is 0 Å². The Hall–Kier alpha value is -2.47. The van der Waals surface area contributed by atoms with E-state index in [1.165, 1.54) is 11.1 Å². The molecule has 4 rings (SSSR count). The summed E-state index contributed by atoms with van der Waals surface area (Å²) in [6, 6.07) is 10.4. The first-order chi connectivity index (χ1) is 12.3. The molecule has 0 spiro atoms. The molecule has 0 saturated heterocycles. The maximum absolute atomic E-state index is 4.77. The first-order valence-corrected chi connectivity index (χ1v) is 9.00. The number of aromatic nitrogens is 5. The van der Waals surface area contributed by atoms with Crippen LogP contribution in [0.4, 0.5) is 0 Å². The Labute approximate surface area is 148 Å². The molecule has 0 saturated carbocycles. The van der Waals surface area contributed by atoms with E-state index in [4.69, 9.17) is 10.1 Å². The minimum atomic E-state index is 0.806. The summed E-state index contributed by atoms with van der Waals surface area (Å²) in [5, 5.41) is 9.09. The molecule has 2 aromatic heterocycles. The zero-order valence-corrected chi connectivity index (χ0v) is 14.7. The lowest BCUT2D eigenvalue weighted by Crippen LogP contribution is -2.26. The van der Waals surface area contributed by atoms with E-state index in [0.717, 1.165) is 57.2 Å². The summed E-state index contributed by atoms with van der Waals surface area (Å²) in [7, 11) is 0. The number of fused-ring (bicyclic) bond motifs is 1. The van der Waals surface area contributed by atoms with Crippen molar-refractivity contribution in [2.24, 2.45) is 0 Å². The lowest BCUT2D eigenvalue weighted by molar-refractivity contribution is 0.268. The Morgan fingerprint density at radius 1 is 1.04 bits per heavy atom. The molecule has 1 aromatic carbocycles. The molecule has 6 heteroatoms. The van der Waals surface area contributed by atoms with Gasteiger partial charge in [-0.2, -0.15) is 10.2 Å². The molecule has 0 aliphatic carbocycles. The number of nitrogens with zero attached hydrogens (tertiary/aromatic N) is 6. The Balaban J connectivity index is 1.38. The second-order valence-electron chi connectivity index (χ2n) is 6.56. The van der Waals surface area contributed by atoms with Crippen LogP contribution in [0.25, 0.3) is 0 Å². The van der Waals surface area contributed by atoms with Crippen molar-refractivity contribution in [3.05, 3.63) is 65.5 Å². The van der Waals surface area contributed by atoms with Gasteiger partial charge < -0.3 is 0 Å². The molecular weight excluding hydrogens is 312 g/mol. The summed E-state index contributed by atoms with van der Waals surface area (Å²) in [5.41, 5.74) is 2.54. The van der Waals surface area contributed by atoms with Crippen LogP contribution in [0.5, 0.6) is 0 Å². The van der Waals surface area contributed by atoms with Crippen LogP contribution in [-0.2, 0) is 32.5 Å². The molecule has 0 atom stereocenters. The van der Waals surface area contributed by atoms with Gasteiger partial charge in [0.2, 0.25) is 0 Å². The Morgan fingerprint density at radius 2 is 1.92 bits per heavy atom. The van der Waals surface area contributed by atoms with E-state index in [2.05, 4.69) is 52.1 Å². The standard InChI is InChI=1S/C19H24N6/c1-2-24-15-17(13-20-24)14-23-9-8-19-21-18(22-25(19)11-10-23)12-16-6-4-3-5-7-16/h3-7,13,15H,2,8-12,14H2,1H3. The summed E-state index contributed by atoms with van der Waals surface area (Å²) in [4.78, 5) is 7.24. The van der Waals surface area contributed by atoms with Gasteiger partial charge in [0.1, 0.15) is 5.82 Å². The van der Waals surface area contributed by atoms with Crippen molar-refractivity contribution in [2.75, 3.05) is 13.1 Å². The van der Waals surface area contributed by atoms with Gasteiger partial charge in [-0.15, -0.1) is 0 Å². The lowest BCUT2D eigenvalue weighted by Gasteiger charge is -2.18. The number of benzene rings is 1. The first kappa shape index (κ1) is 16.0. The molecule has 0 N–H and O–H groups in total. The van der Waals surface area contributed by atoms with Gasteiger partial charge in [-0.25, -0.2) is 9.67 Å². The molecule has 0 amide bonds. The van der Waals surface area contributed by atoms with E-state index in [1.54, 1.807) is 0 Å². The lowest BCUT2D eigenvalue weighted by atomic mass is 10.1. The van der Waals surface area contributed by atoms with Crippen LogP contribution in [0.1, 0.15) is 29.7 Å². The highest BCUT2D eigenvalue weighted by Gasteiger charge is 2.18. The number of hydrogen-bond donors (Lipinski definition) is 0. The third kappa shape index (κ3) is 3.79. The van der Waals surface area contributed by atoms with Gasteiger partial charge in [0.25, 0.3) is 0 Å². The topological polar surface area (TPSA) is 51.8 Å². The minimum absolute atomic E-state index is 0.806. The van der Waals surface area contributed by atoms with Crippen LogP contribution >= 0.6 is 0 Å². The van der Waals surface area contributed by atoms with Crippen molar-refractivity contribution < 1.29 is 0 Å². The van der Waals surface area contributed by atoms with Crippen LogP contribution in [0.15, 0.2) is 42.7 Å². The van der Waals surface area contributed by atoms with Crippen molar-refractivity contribution in [3.8, 4) is 0 Å². The molecule has 6 nitrogen and oxygen atoms in total. The van der Waals surface area contributed by atoms with Crippen LogP contribution in [0.2, 0.25) is 0 Å². The largest absolute Gasteiger partial charge is 0.297 e. The number of aryl methyl sites for hydroxylation is 1. The first-order valence-electron chi connectivity index (χ1n) is 9.00. The van der Waals surface area contributed by atoms with E-state index in [9.17, 15) is 0 Å². The quantitative estimate of drug-likeness (QED) is 0.716. The van der Waals surface area contributed by atoms with Crippen molar-refractivity contribution in [2.45, 2.75) is 39.4 Å². The predicted molar refractivity (Wildman–Crippen MR) is 96.2 cm³/mol. The van der Waals surface area contributed by atoms with Crippen molar-refractivity contribution in [3.63, 3.8) is 0 Å². The van der Waals surface area contributed by atoms with Crippen molar-refractivity contribution >= 4 is 0 Å². The molecule has 0 fully saturated rings. The van der Waals surface area contributed by atoms with Gasteiger partial charge in [-0.1, -0.05) is 30.3 Å². The smallest absolute Gasteiger partial charge is 0.155 e. The van der Waals surface area contributed by atoms with Gasteiger partial charge in [-0.05, 0) is 12.5 Å². The SMILES string of the molecule is CCn1cc(CN2CCc3nc(Cc4ccccc4)nn3CC2)cn1. The molecule has 3 aromatic rings. The maximum atomic E-state index is 4.77. The predicted octanol–water partition coefficient (Wildman–Crippen LogP) is 2.14. The summed E-state index contributed by atoms with van der Waals surface area (Å²) in [6.45, 7) is 6.89. The molecule has 0 radical (unpaired) electrons. The van der Waals surface area contributed by atoms with Crippen LogP contribution in [0.3, 0.4) is 0 Å². The van der Waals surface area contributed by atoms with Crippen molar-refractivity contribution in [1.82, 2.24) is 29.4 Å². The van der Waals surface area contributed by atoms with Gasteiger partial charge in [0.15, 0.2) is 5.82 Å². The fourth-order valence-corrected chi connectivity index (χ4v) is 3.33. The highest BCUT2D eigenvalue weighted by atomic mass is 15.4. The summed E-state index contributed by atoms with van der Waals surface area (Å²) >= 11 is 0. The third-order valence-corrected chi connectivity index (χ3v) is 4.69. The summed E-state index contributed by atoms with van der Waals surface area (Å²) in [5.74, 6) is 2.04.